The van der Waals surface area contributed by atoms with Crippen molar-refractivity contribution < 1.29 is 26.1 Å². The highest BCUT2D eigenvalue weighted by Gasteiger charge is 2.21. The Morgan fingerprint density at radius 1 is 0.780 bits per heavy atom. The van der Waals surface area contributed by atoms with Crippen molar-refractivity contribution in [3.8, 4) is 26.9 Å². The van der Waals surface area contributed by atoms with E-state index in [0.29, 0.717) is 32.1 Å². The van der Waals surface area contributed by atoms with Gasteiger partial charge >= 0.3 is 0 Å². The van der Waals surface area contributed by atoms with E-state index in [1.807, 2.05) is 30.3 Å². The van der Waals surface area contributed by atoms with Gasteiger partial charge in [-0.15, -0.1) is 22.7 Å². The van der Waals surface area contributed by atoms with Gasteiger partial charge < -0.3 is 4.74 Å². The van der Waals surface area contributed by atoms with Crippen molar-refractivity contribution in [2.24, 2.45) is 0 Å². The summed E-state index contributed by atoms with van der Waals surface area (Å²) in [5.41, 5.74) is 4.11. The molecular formula is C29H22N2O6S4. The molecule has 2 heterocycles. The van der Waals surface area contributed by atoms with E-state index >= 15 is 0 Å². The topological polar surface area (TPSA) is 124 Å². The number of benzene rings is 4. The highest BCUT2D eigenvalue weighted by atomic mass is 32.2. The van der Waals surface area contributed by atoms with Gasteiger partial charge in [-0.1, -0.05) is 30.3 Å². The molecule has 0 aliphatic carbocycles. The zero-order valence-electron chi connectivity index (χ0n) is 21.7. The molecule has 41 heavy (non-hydrogen) atoms. The molecule has 0 radical (unpaired) electrons. The van der Waals surface area contributed by atoms with Crippen LogP contribution in [0.4, 0.5) is 0 Å². The summed E-state index contributed by atoms with van der Waals surface area (Å²) in [7, 11) is -6.38. The monoisotopic (exact) mass is 622 g/mol. The average Bonchev–Trinajstić information content (AvgIpc) is 3.56. The van der Waals surface area contributed by atoms with Crippen molar-refractivity contribution in [1.29, 1.82) is 0 Å². The number of aromatic nitrogens is 2. The minimum absolute atomic E-state index is 0.111. The summed E-state index contributed by atoms with van der Waals surface area (Å²) in [6, 6.07) is 22.8. The van der Waals surface area contributed by atoms with E-state index < -0.39 is 20.0 Å². The van der Waals surface area contributed by atoms with Crippen LogP contribution in [0.25, 0.3) is 41.6 Å². The molecule has 0 spiro atoms. The van der Waals surface area contributed by atoms with Gasteiger partial charge in [0, 0.05) is 11.1 Å². The minimum Gasteiger partial charge on any atom is -0.497 e. The third-order valence-electron chi connectivity index (χ3n) is 6.58. The molecule has 12 heteroatoms. The number of ether oxygens (including phenoxy) is 1. The van der Waals surface area contributed by atoms with Crippen molar-refractivity contribution in [2.75, 3.05) is 7.11 Å². The van der Waals surface area contributed by atoms with Gasteiger partial charge in [0.2, 0.25) is 0 Å². The van der Waals surface area contributed by atoms with Crippen LogP contribution in [0.3, 0.4) is 0 Å². The first-order valence-corrected chi connectivity index (χ1v) is 17.0. The number of aryl methyl sites for hydroxylation is 1. The fourth-order valence-corrected chi connectivity index (χ4v) is 9.19. The molecule has 0 fully saturated rings. The Balaban J connectivity index is 1.27. The van der Waals surface area contributed by atoms with Gasteiger partial charge in [-0.25, -0.2) is 18.4 Å². The van der Waals surface area contributed by atoms with E-state index in [4.69, 9.17) is 9.72 Å². The molecular weight excluding hydrogens is 601 g/mol. The van der Waals surface area contributed by atoms with Crippen LogP contribution in [0.5, 0.6) is 5.75 Å². The number of hydrogen-bond acceptors (Lipinski definition) is 9. The van der Waals surface area contributed by atoms with Crippen LogP contribution < -0.4 is 4.74 Å². The maximum atomic E-state index is 12.9. The molecule has 0 aliphatic rings. The maximum absolute atomic E-state index is 12.9. The van der Waals surface area contributed by atoms with Crippen LogP contribution in [-0.2, 0) is 25.7 Å². The smallest absolute Gasteiger partial charge is 0.296 e. The molecule has 1 N–H and O–H groups in total. The lowest BCUT2D eigenvalue weighted by molar-refractivity contribution is 0.414. The van der Waals surface area contributed by atoms with Gasteiger partial charge in [0.05, 0.1) is 38.2 Å². The van der Waals surface area contributed by atoms with Crippen molar-refractivity contribution in [3.63, 3.8) is 0 Å². The summed E-state index contributed by atoms with van der Waals surface area (Å²) in [5.74, 6) is 0.474. The summed E-state index contributed by atoms with van der Waals surface area (Å²) in [4.78, 5) is 9.48. The minimum atomic E-state index is -4.40. The van der Waals surface area contributed by atoms with Gasteiger partial charge in [0.15, 0.2) is 9.84 Å². The summed E-state index contributed by atoms with van der Waals surface area (Å²) >= 11 is 2.71. The number of fused-ring (bicyclic) bond motifs is 2. The van der Waals surface area contributed by atoms with Gasteiger partial charge in [0.25, 0.3) is 10.1 Å². The zero-order valence-corrected chi connectivity index (χ0v) is 25.0. The van der Waals surface area contributed by atoms with E-state index in [-0.39, 0.29) is 15.5 Å². The molecule has 0 atom stereocenters. The summed E-state index contributed by atoms with van der Waals surface area (Å²) in [5, 5.41) is 1.42. The number of hydrogen-bond donors (Lipinski definition) is 1. The Labute approximate surface area is 244 Å². The fourth-order valence-electron chi connectivity index (χ4n) is 4.52. The molecule has 8 nitrogen and oxygen atoms in total. The van der Waals surface area contributed by atoms with Gasteiger partial charge in [-0.05, 0) is 66.6 Å². The Kier molecular flexibility index (Phi) is 6.91. The first-order valence-electron chi connectivity index (χ1n) is 12.3. The van der Waals surface area contributed by atoms with Crippen LogP contribution in [0.15, 0.2) is 88.7 Å². The quantitative estimate of drug-likeness (QED) is 0.193. The van der Waals surface area contributed by atoms with Crippen LogP contribution in [0.2, 0.25) is 0 Å². The number of sulfone groups is 1. The van der Waals surface area contributed by atoms with Crippen molar-refractivity contribution >= 4 is 63.1 Å². The lowest BCUT2D eigenvalue weighted by atomic mass is 10.1. The SMILES string of the molecule is COc1ccc(S(=O)(=O)Cc2ccc(-c3nc4ccc(-c5nc6ccc(C)c(S(=O)(=O)O)c6s5)cc4s3)cc2)cc1. The molecule has 0 saturated carbocycles. The van der Waals surface area contributed by atoms with E-state index in [1.165, 1.54) is 29.8 Å². The molecule has 0 unspecified atom stereocenters. The molecule has 0 amide bonds. The summed E-state index contributed by atoms with van der Waals surface area (Å²) in [6.45, 7) is 1.64. The second-order valence-corrected chi connectivity index (χ2v) is 14.8. The standard InChI is InChI=1S/C29H22N2O6S4/c1-17-3-13-24-26(27(17)41(34,35)36)39-29(31-24)20-8-14-23-25(15-20)38-28(30-23)19-6-4-18(5-7-19)16-40(32,33)22-11-9-21(37-2)10-12-22/h3-15H,16H2,1-2H3,(H,34,35,36). The second-order valence-electron chi connectivity index (χ2n) is 9.39. The summed E-state index contributed by atoms with van der Waals surface area (Å²) in [6.07, 6.45) is 0. The number of rotatable bonds is 7. The first-order chi connectivity index (χ1) is 19.5. The Morgan fingerprint density at radius 2 is 1.41 bits per heavy atom. The molecule has 208 valence electrons. The third-order valence-corrected chi connectivity index (χ3v) is 11.7. The third kappa shape index (κ3) is 5.36. The van der Waals surface area contributed by atoms with E-state index in [2.05, 4.69) is 4.98 Å². The first kappa shape index (κ1) is 27.5. The van der Waals surface area contributed by atoms with Crippen LogP contribution in [-0.4, -0.2) is 38.5 Å². The highest BCUT2D eigenvalue weighted by molar-refractivity contribution is 7.90. The lowest BCUT2D eigenvalue weighted by Gasteiger charge is -2.06. The number of nitrogens with zero attached hydrogens (tertiary/aromatic N) is 2. The Bertz CT molecular complexity index is 2150. The van der Waals surface area contributed by atoms with Gasteiger partial charge in [-0.2, -0.15) is 8.42 Å². The highest BCUT2D eigenvalue weighted by Crippen LogP contribution is 2.38. The normalized spacial score (nSPS) is 12.3. The van der Waals surface area contributed by atoms with E-state index in [9.17, 15) is 21.4 Å². The zero-order chi connectivity index (χ0) is 28.9. The van der Waals surface area contributed by atoms with Crippen molar-refractivity contribution in [3.05, 3.63) is 90.0 Å². The Morgan fingerprint density at radius 3 is 2.10 bits per heavy atom. The Hall–Kier alpha value is -3.68. The van der Waals surface area contributed by atoms with Crippen molar-refractivity contribution in [2.45, 2.75) is 22.5 Å². The van der Waals surface area contributed by atoms with Crippen LogP contribution in [0, 0.1) is 6.92 Å². The van der Waals surface area contributed by atoms with E-state index in [1.54, 1.807) is 55.5 Å². The fraction of sp³-hybridized carbons (Fsp3) is 0.103. The van der Waals surface area contributed by atoms with Crippen molar-refractivity contribution in [1.82, 2.24) is 9.97 Å². The summed E-state index contributed by atoms with van der Waals surface area (Å²) < 4.78 is 65.9. The number of thiazole rings is 2. The second kappa shape index (κ2) is 10.3. The average molecular weight is 623 g/mol. The molecule has 6 aromatic rings. The van der Waals surface area contributed by atoms with Crippen LogP contribution >= 0.6 is 22.7 Å². The predicted octanol–water partition coefficient (Wildman–Crippen LogP) is 6.78. The molecule has 2 aromatic heterocycles. The molecule has 0 aliphatic heterocycles. The largest absolute Gasteiger partial charge is 0.497 e. The molecule has 0 bridgehead atoms. The molecule has 0 saturated heterocycles. The van der Waals surface area contributed by atoms with E-state index in [0.717, 1.165) is 26.4 Å². The van der Waals surface area contributed by atoms with Crippen LogP contribution in [0.1, 0.15) is 11.1 Å². The molecule has 6 rings (SSSR count). The lowest BCUT2D eigenvalue weighted by Crippen LogP contribution is -2.04. The molecule has 4 aromatic carbocycles. The van der Waals surface area contributed by atoms with Gasteiger partial charge in [0.1, 0.15) is 20.7 Å². The number of methoxy groups -OCH3 is 1. The van der Waals surface area contributed by atoms with Gasteiger partial charge in [-0.3, -0.25) is 4.55 Å². The predicted molar refractivity (Wildman–Crippen MR) is 162 cm³/mol. The maximum Gasteiger partial charge on any atom is 0.296 e.